The van der Waals surface area contributed by atoms with Crippen molar-refractivity contribution in [2.75, 3.05) is 38.5 Å². The van der Waals surface area contributed by atoms with Gasteiger partial charge in [-0.15, -0.1) is 0 Å². The summed E-state index contributed by atoms with van der Waals surface area (Å²) in [6.07, 6.45) is 1.49. The Bertz CT molecular complexity index is 868. The number of halogens is 1. The van der Waals surface area contributed by atoms with E-state index in [4.69, 9.17) is 11.6 Å². The standard InChI is InChI=1S/C18H21ClN6O/c1-12-15(17(26)24-9-7-23(2)8-10-24)16(13-5-3-4-6-14(13)19)25-18(22-12)20-11-21-25/h3-6,11,16H,7-10H2,1-2H3,(H,20,21,22)/t16-/m0/s1. The van der Waals surface area contributed by atoms with Gasteiger partial charge in [0.25, 0.3) is 5.91 Å². The van der Waals surface area contributed by atoms with Crippen molar-refractivity contribution in [2.45, 2.75) is 13.0 Å². The van der Waals surface area contributed by atoms with E-state index in [1.165, 1.54) is 6.33 Å². The first-order chi connectivity index (χ1) is 12.6. The van der Waals surface area contributed by atoms with Gasteiger partial charge in [-0.25, -0.2) is 4.68 Å². The van der Waals surface area contributed by atoms with E-state index in [0.29, 0.717) is 29.6 Å². The lowest BCUT2D eigenvalue weighted by atomic mass is 9.94. The van der Waals surface area contributed by atoms with Crippen LogP contribution in [0, 0.1) is 0 Å². The van der Waals surface area contributed by atoms with Crippen LogP contribution in [0.3, 0.4) is 0 Å². The number of rotatable bonds is 2. The van der Waals surface area contributed by atoms with E-state index < -0.39 is 6.04 Å². The maximum atomic E-state index is 13.4. The highest BCUT2D eigenvalue weighted by Gasteiger charge is 2.36. The van der Waals surface area contributed by atoms with Crippen molar-refractivity contribution < 1.29 is 4.79 Å². The van der Waals surface area contributed by atoms with E-state index in [1.807, 2.05) is 36.1 Å². The first-order valence-electron chi connectivity index (χ1n) is 8.66. The Hall–Kier alpha value is -2.38. The molecule has 2 aliphatic heterocycles. The number of carbonyl (C=O) groups excluding carboxylic acids is 1. The summed E-state index contributed by atoms with van der Waals surface area (Å²) in [5.74, 6) is 0.636. The number of carbonyl (C=O) groups is 1. The Kier molecular flexibility index (Phi) is 4.42. The first-order valence-corrected chi connectivity index (χ1v) is 9.03. The number of allylic oxidation sites excluding steroid dienone is 1. The summed E-state index contributed by atoms with van der Waals surface area (Å²) in [5, 5.41) is 8.17. The molecule has 4 rings (SSSR count). The van der Waals surface area contributed by atoms with Gasteiger partial charge in [0.05, 0.1) is 5.57 Å². The number of hydrogen-bond donors (Lipinski definition) is 1. The van der Waals surface area contributed by atoms with Crippen molar-refractivity contribution in [1.29, 1.82) is 0 Å². The molecule has 0 unspecified atom stereocenters. The molecule has 1 aromatic carbocycles. The van der Waals surface area contributed by atoms with Gasteiger partial charge in [0.2, 0.25) is 5.95 Å². The Morgan fingerprint density at radius 2 is 1.96 bits per heavy atom. The Labute approximate surface area is 157 Å². The number of piperazine rings is 1. The van der Waals surface area contributed by atoms with E-state index in [-0.39, 0.29) is 5.91 Å². The predicted octanol–water partition coefficient (Wildman–Crippen LogP) is 1.99. The van der Waals surface area contributed by atoms with Crippen LogP contribution in [-0.4, -0.2) is 63.7 Å². The molecule has 0 radical (unpaired) electrons. The molecule has 0 aliphatic carbocycles. The van der Waals surface area contributed by atoms with Gasteiger partial charge in [0.15, 0.2) is 0 Å². The van der Waals surface area contributed by atoms with Crippen LogP contribution in [-0.2, 0) is 4.79 Å². The third-order valence-electron chi connectivity index (χ3n) is 5.02. The zero-order chi connectivity index (χ0) is 18.3. The molecule has 1 aromatic heterocycles. The quantitative estimate of drug-likeness (QED) is 0.873. The molecule has 7 nitrogen and oxygen atoms in total. The van der Waals surface area contributed by atoms with Gasteiger partial charge in [-0.2, -0.15) is 10.1 Å². The fourth-order valence-electron chi connectivity index (χ4n) is 3.53. The van der Waals surface area contributed by atoms with Gasteiger partial charge in [0.1, 0.15) is 12.4 Å². The number of likely N-dealkylation sites (N-methyl/N-ethyl adjacent to an activating group) is 1. The van der Waals surface area contributed by atoms with Gasteiger partial charge in [-0.3, -0.25) is 4.79 Å². The van der Waals surface area contributed by atoms with Crippen molar-refractivity contribution in [1.82, 2.24) is 24.6 Å². The van der Waals surface area contributed by atoms with Crippen molar-refractivity contribution in [3.05, 3.63) is 52.4 Å². The maximum Gasteiger partial charge on any atom is 0.254 e. The van der Waals surface area contributed by atoms with E-state index >= 15 is 0 Å². The summed E-state index contributed by atoms with van der Waals surface area (Å²) in [6.45, 7) is 5.08. The van der Waals surface area contributed by atoms with Crippen molar-refractivity contribution in [3.63, 3.8) is 0 Å². The Balaban J connectivity index is 1.78. The minimum absolute atomic E-state index is 0.0224. The van der Waals surface area contributed by atoms with E-state index in [9.17, 15) is 4.79 Å². The molecule has 1 N–H and O–H groups in total. The molecule has 3 heterocycles. The molecule has 0 saturated carbocycles. The van der Waals surface area contributed by atoms with Crippen molar-refractivity contribution in [2.24, 2.45) is 0 Å². The molecular weight excluding hydrogens is 352 g/mol. The highest BCUT2D eigenvalue weighted by atomic mass is 35.5. The third-order valence-corrected chi connectivity index (χ3v) is 5.36. The Morgan fingerprint density at radius 3 is 2.69 bits per heavy atom. The zero-order valence-electron chi connectivity index (χ0n) is 14.8. The molecule has 2 aliphatic rings. The van der Waals surface area contributed by atoms with Crippen LogP contribution < -0.4 is 5.32 Å². The highest BCUT2D eigenvalue weighted by molar-refractivity contribution is 6.31. The van der Waals surface area contributed by atoms with E-state index in [0.717, 1.165) is 24.4 Å². The molecule has 26 heavy (non-hydrogen) atoms. The molecule has 1 saturated heterocycles. The number of fused-ring (bicyclic) bond motifs is 1. The molecule has 1 amide bonds. The zero-order valence-corrected chi connectivity index (χ0v) is 15.6. The number of amides is 1. The van der Waals surface area contributed by atoms with Gasteiger partial charge < -0.3 is 15.1 Å². The van der Waals surface area contributed by atoms with Gasteiger partial charge in [0, 0.05) is 42.5 Å². The maximum absolute atomic E-state index is 13.4. The van der Waals surface area contributed by atoms with E-state index in [2.05, 4.69) is 27.3 Å². The predicted molar refractivity (Wildman–Crippen MR) is 100 cm³/mol. The molecule has 0 bridgehead atoms. The minimum Gasteiger partial charge on any atom is -0.336 e. The topological polar surface area (TPSA) is 66.3 Å². The number of nitrogens with one attached hydrogen (secondary N) is 1. The largest absolute Gasteiger partial charge is 0.336 e. The van der Waals surface area contributed by atoms with Crippen LogP contribution in [0.5, 0.6) is 0 Å². The lowest BCUT2D eigenvalue weighted by Gasteiger charge is -2.36. The Morgan fingerprint density at radius 1 is 1.23 bits per heavy atom. The molecule has 1 fully saturated rings. The molecular formula is C18H21ClN6O. The average molecular weight is 373 g/mol. The van der Waals surface area contributed by atoms with Crippen LogP contribution in [0.15, 0.2) is 41.9 Å². The SMILES string of the molecule is CC1=C(C(=O)N2CCN(C)CC2)[C@H](c2ccccc2Cl)n2ncnc2N1. The lowest BCUT2D eigenvalue weighted by molar-refractivity contribution is -0.129. The summed E-state index contributed by atoms with van der Waals surface area (Å²) in [6, 6.07) is 7.19. The van der Waals surface area contributed by atoms with Gasteiger partial charge in [-0.1, -0.05) is 29.8 Å². The number of aromatic nitrogens is 3. The van der Waals surface area contributed by atoms with Crippen LogP contribution >= 0.6 is 11.6 Å². The van der Waals surface area contributed by atoms with E-state index in [1.54, 1.807) is 4.68 Å². The number of anilines is 1. The summed E-state index contributed by atoms with van der Waals surface area (Å²) in [4.78, 5) is 21.8. The second-order valence-corrected chi connectivity index (χ2v) is 7.12. The van der Waals surface area contributed by atoms with Crippen LogP contribution in [0.2, 0.25) is 5.02 Å². The number of hydrogen-bond acceptors (Lipinski definition) is 5. The van der Waals surface area contributed by atoms with Gasteiger partial charge >= 0.3 is 0 Å². The van der Waals surface area contributed by atoms with Crippen LogP contribution in [0.25, 0.3) is 0 Å². The van der Waals surface area contributed by atoms with Crippen molar-refractivity contribution >= 4 is 23.5 Å². The van der Waals surface area contributed by atoms with Crippen LogP contribution in [0.4, 0.5) is 5.95 Å². The monoisotopic (exact) mass is 372 g/mol. The first kappa shape index (κ1) is 17.1. The molecule has 2 aromatic rings. The van der Waals surface area contributed by atoms with Gasteiger partial charge in [-0.05, 0) is 20.0 Å². The summed E-state index contributed by atoms with van der Waals surface area (Å²) >= 11 is 6.48. The summed E-state index contributed by atoms with van der Waals surface area (Å²) in [5.41, 5.74) is 2.30. The average Bonchev–Trinajstić information content (AvgIpc) is 3.09. The minimum atomic E-state index is -0.394. The fraction of sp³-hybridized carbons (Fsp3) is 0.389. The normalized spacial score (nSPS) is 20.7. The smallest absolute Gasteiger partial charge is 0.254 e. The molecule has 0 spiro atoms. The third kappa shape index (κ3) is 2.87. The summed E-state index contributed by atoms with van der Waals surface area (Å²) < 4.78 is 1.73. The number of benzene rings is 1. The van der Waals surface area contributed by atoms with Crippen molar-refractivity contribution in [3.8, 4) is 0 Å². The molecule has 8 heteroatoms. The lowest BCUT2D eigenvalue weighted by Crippen LogP contribution is -2.49. The second-order valence-electron chi connectivity index (χ2n) is 6.71. The highest BCUT2D eigenvalue weighted by Crippen LogP contribution is 2.38. The molecule has 136 valence electrons. The summed E-state index contributed by atoms with van der Waals surface area (Å²) in [7, 11) is 2.07. The second kappa shape index (κ2) is 6.74. The fourth-order valence-corrected chi connectivity index (χ4v) is 3.77. The van der Waals surface area contributed by atoms with Crippen LogP contribution in [0.1, 0.15) is 18.5 Å². The number of nitrogens with zero attached hydrogens (tertiary/aromatic N) is 5. The molecule has 1 atom stereocenters.